The van der Waals surface area contributed by atoms with E-state index in [2.05, 4.69) is 5.32 Å². The summed E-state index contributed by atoms with van der Waals surface area (Å²) in [4.78, 5) is 28.4. The molecule has 3 aromatic rings. The van der Waals surface area contributed by atoms with E-state index >= 15 is 0 Å². The number of hydrogen-bond donors (Lipinski definition) is 1. The van der Waals surface area contributed by atoms with Crippen LogP contribution in [0.3, 0.4) is 0 Å². The molecule has 0 saturated heterocycles. The Kier molecular flexibility index (Phi) is 5.24. The number of amides is 2. The molecule has 3 aromatic carbocycles. The van der Waals surface area contributed by atoms with Crippen LogP contribution in [0.15, 0.2) is 66.4 Å². The van der Waals surface area contributed by atoms with Crippen molar-refractivity contribution < 1.29 is 9.59 Å². The van der Waals surface area contributed by atoms with Gasteiger partial charge in [0.1, 0.15) is 5.70 Å². The van der Waals surface area contributed by atoms with Crippen molar-refractivity contribution in [2.75, 3.05) is 10.2 Å². The van der Waals surface area contributed by atoms with E-state index in [4.69, 9.17) is 0 Å². The van der Waals surface area contributed by atoms with Crippen LogP contribution < -0.4 is 10.2 Å². The first-order chi connectivity index (χ1) is 14.8. The second kappa shape index (κ2) is 7.88. The van der Waals surface area contributed by atoms with Gasteiger partial charge in [-0.1, -0.05) is 53.6 Å². The Bertz CT molecular complexity index is 1240. The molecule has 0 aromatic heterocycles. The number of nitrogens with one attached hydrogen (secondary N) is 1. The smallest absolute Gasteiger partial charge is 0.282 e. The van der Waals surface area contributed by atoms with E-state index in [0.29, 0.717) is 17.0 Å². The minimum absolute atomic E-state index is 0.311. The molecule has 0 unspecified atom stereocenters. The summed E-state index contributed by atoms with van der Waals surface area (Å²) in [5.41, 5.74) is 8.10. The predicted molar refractivity (Wildman–Crippen MR) is 126 cm³/mol. The average Bonchev–Trinajstić information content (AvgIpc) is 2.96. The highest BCUT2D eigenvalue weighted by atomic mass is 16.2. The highest BCUT2D eigenvalue weighted by Gasteiger charge is 2.40. The molecule has 156 valence electrons. The highest BCUT2D eigenvalue weighted by Crippen LogP contribution is 2.35. The Morgan fingerprint density at radius 1 is 0.645 bits per heavy atom. The van der Waals surface area contributed by atoms with Crippen LogP contribution in [0.1, 0.15) is 33.4 Å². The summed E-state index contributed by atoms with van der Waals surface area (Å²) in [7, 11) is 0. The van der Waals surface area contributed by atoms with Crippen LogP contribution in [0.25, 0.3) is 5.57 Å². The third-order valence-corrected chi connectivity index (χ3v) is 5.68. The zero-order valence-electron chi connectivity index (χ0n) is 18.5. The maximum Gasteiger partial charge on any atom is 0.282 e. The largest absolute Gasteiger partial charge is 0.350 e. The van der Waals surface area contributed by atoms with Gasteiger partial charge in [0.25, 0.3) is 11.8 Å². The lowest BCUT2D eigenvalue weighted by atomic mass is 9.97. The number of carbonyl (C=O) groups excluding carboxylic acids is 2. The van der Waals surface area contributed by atoms with Crippen molar-refractivity contribution in [3.05, 3.63) is 99.7 Å². The Balaban J connectivity index is 1.88. The number of rotatable bonds is 4. The van der Waals surface area contributed by atoms with E-state index in [1.165, 1.54) is 4.90 Å². The number of carbonyl (C=O) groups is 2. The van der Waals surface area contributed by atoms with E-state index in [1.54, 1.807) is 0 Å². The molecule has 0 fully saturated rings. The Hall–Kier alpha value is -3.66. The third-order valence-electron chi connectivity index (χ3n) is 5.68. The molecule has 31 heavy (non-hydrogen) atoms. The van der Waals surface area contributed by atoms with Crippen LogP contribution in [0.4, 0.5) is 11.4 Å². The van der Waals surface area contributed by atoms with Crippen molar-refractivity contribution in [1.29, 1.82) is 0 Å². The second-order valence-electron chi connectivity index (χ2n) is 8.29. The van der Waals surface area contributed by atoms with Gasteiger partial charge in [0, 0.05) is 5.69 Å². The van der Waals surface area contributed by atoms with Crippen molar-refractivity contribution in [1.82, 2.24) is 0 Å². The summed E-state index contributed by atoms with van der Waals surface area (Å²) in [6.07, 6.45) is 0. The van der Waals surface area contributed by atoms with Gasteiger partial charge in [0.05, 0.1) is 11.3 Å². The van der Waals surface area contributed by atoms with Gasteiger partial charge < -0.3 is 5.32 Å². The van der Waals surface area contributed by atoms with Crippen LogP contribution in [0.2, 0.25) is 0 Å². The van der Waals surface area contributed by atoms with E-state index in [1.807, 2.05) is 95.3 Å². The van der Waals surface area contributed by atoms with Gasteiger partial charge >= 0.3 is 0 Å². The molecule has 0 radical (unpaired) electrons. The molecule has 1 heterocycles. The average molecular weight is 411 g/mol. The number of nitrogens with zero attached hydrogens (tertiary/aromatic N) is 1. The Morgan fingerprint density at radius 2 is 1.26 bits per heavy atom. The summed E-state index contributed by atoms with van der Waals surface area (Å²) >= 11 is 0. The van der Waals surface area contributed by atoms with Crippen molar-refractivity contribution >= 4 is 28.8 Å². The summed E-state index contributed by atoms with van der Waals surface area (Å²) in [6, 6.07) is 19.4. The van der Waals surface area contributed by atoms with Crippen molar-refractivity contribution in [3.63, 3.8) is 0 Å². The molecule has 4 heteroatoms. The first kappa shape index (κ1) is 20.6. The fraction of sp³-hybridized carbons (Fsp3) is 0.185. The molecular weight excluding hydrogens is 384 g/mol. The van der Waals surface area contributed by atoms with Crippen LogP contribution in [-0.4, -0.2) is 11.8 Å². The molecule has 4 nitrogen and oxygen atoms in total. The van der Waals surface area contributed by atoms with Gasteiger partial charge in [0.15, 0.2) is 0 Å². The van der Waals surface area contributed by atoms with Gasteiger partial charge in [0.2, 0.25) is 0 Å². The minimum Gasteiger partial charge on any atom is -0.350 e. The number of hydrogen-bond acceptors (Lipinski definition) is 3. The van der Waals surface area contributed by atoms with Crippen LogP contribution in [0, 0.1) is 34.6 Å². The quantitative estimate of drug-likeness (QED) is 0.568. The SMILES string of the molecule is Cc1ccc(N2C(=O)C(Nc3cc(C)ccc3C)=C(c3ccc(C)cc3C)C2=O)cc1. The zero-order chi connectivity index (χ0) is 22.3. The van der Waals surface area contributed by atoms with E-state index in [0.717, 1.165) is 39.1 Å². The predicted octanol–water partition coefficient (Wildman–Crippen LogP) is 5.63. The van der Waals surface area contributed by atoms with Gasteiger partial charge in [-0.05, 0) is 75.1 Å². The fourth-order valence-electron chi connectivity index (χ4n) is 3.92. The maximum absolute atomic E-state index is 13.6. The summed E-state index contributed by atoms with van der Waals surface area (Å²) in [5, 5.41) is 3.30. The fourth-order valence-corrected chi connectivity index (χ4v) is 3.92. The Morgan fingerprint density at radius 3 is 1.94 bits per heavy atom. The molecule has 0 saturated carbocycles. The zero-order valence-corrected chi connectivity index (χ0v) is 18.5. The number of aryl methyl sites for hydroxylation is 5. The summed E-state index contributed by atoms with van der Waals surface area (Å²) in [6.45, 7) is 9.95. The van der Waals surface area contributed by atoms with Gasteiger partial charge in [-0.2, -0.15) is 0 Å². The molecule has 2 amide bonds. The first-order valence-corrected chi connectivity index (χ1v) is 10.4. The molecule has 0 bridgehead atoms. The lowest BCUT2D eigenvalue weighted by Gasteiger charge is -2.16. The normalized spacial score (nSPS) is 13.9. The molecular formula is C27H26N2O2. The summed E-state index contributed by atoms with van der Waals surface area (Å²) < 4.78 is 0. The Labute approximate surface area is 183 Å². The standard InChI is InChI=1S/C27H26N2O2/c1-16-7-11-21(12-8-16)29-26(30)24(22-13-9-17(2)14-20(22)5)25(27(29)31)28-23-15-18(3)6-10-19(23)4/h6-15,28H,1-5H3. The van der Waals surface area contributed by atoms with Crippen LogP contribution in [0.5, 0.6) is 0 Å². The van der Waals surface area contributed by atoms with Crippen LogP contribution in [-0.2, 0) is 9.59 Å². The van der Waals surface area contributed by atoms with Gasteiger partial charge in [-0.25, -0.2) is 4.90 Å². The van der Waals surface area contributed by atoms with E-state index in [9.17, 15) is 9.59 Å². The lowest BCUT2D eigenvalue weighted by molar-refractivity contribution is -0.120. The maximum atomic E-state index is 13.6. The number of imide groups is 1. The lowest BCUT2D eigenvalue weighted by Crippen LogP contribution is -2.32. The molecule has 1 aliphatic rings. The van der Waals surface area contributed by atoms with Crippen molar-refractivity contribution in [3.8, 4) is 0 Å². The highest BCUT2D eigenvalue weighted by molar-refractivity contribution is 6.46. The molecule has 0 aliphatic carbocycles. The van der Waals surface area contributed by atoms with E-state index in [-0.39, 0.29) is 11.8 Å². The summed E-state index contributed by atoms with van der Waals surface area (Å²) in [5.74, 6) is -0.654. The molecule has 0 atom stereocenters. The third kappa shape index (κ3) is 3.77. The molecule has 0 spiro atoms. The second-order valence-corrected chi connectivity index (χ2v) is 8.29. The van der Waals surface area contributed by atoms with Gasteiger partial charge in [-0.3, -0.25) is 9.59 Å². The van der Waals surface area contributed by atoms with Crippen molar-refractivity contribution in [2.24, 2.45) is 0 Å². The topological polar surface area (TPSA) is 49.4 Å². The first-order valence-electron chi connectivity index (χ1n) is 10.4. The van der Waals surface area contributed by atoms with Crippen molar-refractivity contribution in [2.45, 2.75) is 34.6 Å². The number of benzene rings is 3. The molecule has 1 aliphatic heterocycles. The van der Waals surface area contributed by atoms with Crippen LogP contribution >= 0.6 is 0 Å². The van der Waals surface area contributed by atoms with E-state index < -0.39 is 0 Å². The number of anilines is 2. The minimum atomic E-state index is -0.343. The van der Waals surface area contributed by atoms with Gasteiger partial charge in [-0.15, -0.1) is 0 Å². The molecule has 1 N–H and O–H groups in total. The monoisotopic (exact) mass is 410 g/mol. The molecule has 4 rings (SSSR count).